The Hall–Kier alpha value is -2.45. The highest BCUT2D eigenvalue weighted by molar-refractivity contribution is 5.59. The van der Waals surface area contributed by atoms with Crippen LogP contribution in [0.25, 0.3) is 11.3 Å². The van der Waals surface area contributed by atoms with Crippen LogP contribution in [0.4, 0.5) is 5.82 Å². The van der Waals surface area contributed by atoms with Gasteiger partial charge in [0.15, 0.2) is 0 Å². The Labute approximate surface area is 123 Å². The van der Waals surface area contributed by atoms with Gasteiger partial charge < -0.3 is 10.5 Å². The average Bonchev–Trinajstić information content (AvgIpc) is 2.56. The topological polar surface area (TPSA) is 84.8 Å². The minimum atomic E-state index is -0.427. The quantitative estimate of drug-likeness (QED) is 0.912. The van der Waals surface area contributed by atoms with Crippen LogP contribution in [-0.2, 0) is 10.2 Å². The van der Waals surface area contributed by atoms with Crippen molar-refractivity contribution in [2.75, 3.05) is 18.9 Å². The molecule has 1 aliphatic heterocycles. The lowest BCUT2D eigenvalue weighted by molar-refractivity contribution is 0.0675. The lowest BCUT2D eigenvalue weighted by atomic mass is 9.75. The van der Waals surface area contributed by atoms with Gasteiger partial charge in [-0.15, -0.1) is 0 Å². The van der Waals surface area contributed by atoms with Crippen LogP contribution in [0.2, 0.25) is 0 Å². The van der Waals surface area contributed by atoms with Gasteiger partial charge in [0, 0.05) is 18.8 Å². The summed E-state index contributed by atoms with van der Waals surface area (Å²) in [5.74, 6) is 0.404. The fourth-order valence-electron chi connectivity index (χ4n) is 2.63. The van der Waals surface area contributed by atoms with Gasteiger partial charge in [-0.2, -0.15) is 5.26 Å². The maximum atomic E-state index is 9.57. The van der Waals surface area contributed by atoms with Crippen molar-refractivity contribution in [1.29, 1.82) is 5.26 Å². The van der Waals surface area contributed by atoms with E-state index in [2.05, 4.69) is 16.0 Å². The van der Waals surface area contributed by atoms with Gasteiger partial charge in [-0.05, 0) is 18.4 Å². The van der Waals surface area contributed by atoms with Gasteiger partial charge in [-0.1, -0.05) is 24.3 Å². The van der Waals surface area contributed by atoms with Crippen molar-refractivity contribution in [3.05, 3.63) is 42.2 Å². The molecular weight excluding hydrogens is 264 g/mol. The molecule has 0 bridgehead atoms. The fourth-order valence-corrected chi connectivity index (χ4v) is 2.63. The van der Waals surface area contributed by atoms with Gasteiger partial charge in [0.05, 0.1) is 29.6 Å². The largest absolute Gasteiger partial charge is 0.382 e. The Morgan fingerprint density at radius 2 is 1.81 bits per heavy atom. The average molecular weight is 280 g/mol. The molecule has 2 heterocycles. The van der Waals surface area contributed by atoms with Gasteiger partial charge >= 0.3 is 0 Å². The third-order valence-corrected chi connectivity index (χ3v) is 3.97. The third-order valence-electron chi connectivity index (χ3n) is 3.97. The molecule has 1 aliphatic rings. The number of rotatable bonds is 2. The first-order valence-corrected chi connectivity index (χ1v) is 6.91. The summed E-state index contributed by atoms with van der Waals surface area (Å²) in [7, 11) is 0. The minimum Gasteiger partial charge on any atom is -0.382 e. The van der Waals surface area contributed by atoms with Crippen LogP contribution < -0.4 is 5.73 Å². The van der Waals surface area contributed by atoms with Crippen LogP contribution in [0.3, 0.4) is 0 Å². The Bertz CT molecular complexity index is 652. The molecule has 0 radical (unpaired) electrons. The second-order valence-electron chi connectivity index (χ2n) is 5.21. The first-order chi connectivity index (χ1) is 10.2. The summed E-state index contributed by atoms with van der Waals surface area (Å²) < 4.78 is 5.37. The number of ether oxygens (including phenoxy) is 1. The Balaban J connectivity index is 1.90. The van der Waals surface area contributed by atoms with Crippen LogP contribution >= 0.6 is 0 Å². The van der Waals surface area contributed by atoms with Crippen molar-refractivity contribution in [3.63, 3.8) is 0 Å². The summed E-state index contributed by atoms with van der Waals surface area (Å²) in [6, 6.07) is 10.4. The van der Waals surface area contributed by atoms with Crippen molar-refractivity contribution in [2.24, 2.45) is 0 Å². The highest BCUT2D eigenvalue weighted by Crippen LogP contribution is 2.34. The number of nitrogens with zero attached hydrogens (tertiary/aromatic N) is 3. The van der Waals surface area contributed by atoms with E-state index >= 15 is 0 Å². The molecule has 3 rings (SSSR count). The van der Waals surface area contributed by atoms with Crippen LogP contribution in [0.5, 0.6) is 0 Å². The number of anilines is 1. The Kier molecular flexibility index (Phi) is 3.55. The maximum absolute atomic E-state index is 9.57. The van der Waals surface area contributed by atoms with Gasteiger partial charge in [0.25, 0.3) is 0 Å². The predicted molar refractivity (Wildman–Crippen MR) is 79.2 cm³/mol. The van der Waals surface area contributed by atoms with Crippen molar-refractivity contribution >= 4 is 5.82 Å². The van der Waals surface area contributed by atoms with Crippen molar-refractivity contribution in [3.8, 4) is 17.3 Å². The van der Waals surface area contributed by atoms with Gasteiger partial charge in [0.1, 0.15) is 5.82 Å². The summed E-state index contributed by atoms with van der Waals surface area (Å²) in [6.45, 7) is 1.28. The SMILES string of the molecule is N#CC1(c2ccc(-c3cnc(N)cn3)cc2)CCOCC1. The molecule has 0 unspecified atom stereocenters. The molecule has 5 heteroatoms. The van der Waals surface area contributed by atoms with Crippen LogP contribution in [0, 0.1) is 11.3 Å². The standard InChI is InChI=1S/C16H16N4O/c17-11-16(5-7-21-8-6-16)13-3-1-12(2-4-13)14-9-20-15(18)10-19-14/h1-4,9-10H,5-8H2,(H2,18,20). The molecule has 1 aromatic heterocycles. The molecule has 0 aliphatic carbocycles. The van der Waals surface area contributed by atoms with E-state index in [1.165, 1.54) is 0 Å². The van der Waals surface area contributed by atoms with Crippen LogP contribution in [-0.4, -0.2) is 23.2 Å². The molecule has 0 saturated carbocycles. The normalized spacial score (nSPS) is 17.1. The van der Waals surface area contributed by atoms with E-state index in [0.717, 1.165) is 29.7 Å². The molecule has 2 N–H and O–H groups in total. The first-order valence-electron chi connectivity index (χ1n) is 6.91. The lowest BCUT2D eigenvalue weighted by Crippen LogP contribution is -2.32. The number of benzene rings is 1. The Morgan fingerprint density at radius 3 is 2.38 bits per heavy atom. The second-order valence-corrected chi connectivity index (χ2v) is 5.21. The highest BCUT2D eigenvalue weighted by atomic mass is 16.5. The molecule has 21 heavy (non-hydrogen) atoms. The molecule has 5 nitrogen and oxygen atoms in total. The highest BCUT2D eigenvalue weighted by Gasteiger charge is 2.34. The number of aromatic nitrogens is 2. The molecule has 106 valence electrons. The van der Waals surface area contributed by atoms with E-state index < -0.39 is 5.41 Å². The summed E-state index contributed by atoms with van der Waals surface area (Å²) in [6.07, 6.45) is 4.67. The van der Waals surface area contributed by atoms with Crippen molar-refractivity contribution < 1.29 is 4.74 Å². The van der Waals surface area contributed by atoms with Crippen molar-refractivity contribution in [2.45, 2.75) is 18.3 Å². The van der Waals surface area contributed by atoms with E-state index in [0.29, 0.717) is 19.0 Å². The zero-order chi connectivity index (χ0) is 14.7. The molecule has 0 atom stereocenters. The number of hydrogen-bond acceptors (Lipinski definition) is 5. The summed E-state index contributed by atoms with van der Waals surface area (Å²) in [4.78, 5) is 8.30. The Morgan fingerprint density at radius 1 is 1.10 bits per heavy atom. The summed E-state index contributed by atoms with van der Waals surface area (Å²) >= 11 is 0. The molecule has 2 aromatic rings. The number of nitriles is 1. The number of hydrogen-bond donors (Lipinski definition) is 1. The fraction of sp³-hybridized carbons (Fsp3) is 0.312. The summed E-state index contributed by atoms with van der Waals surface area (Å²) in [5, 5.41) is 9.57. The predicted octanol–water partition coefficient (Wildman–Crippen LogP) is 2.30. The minimum absolute atomic E-state index is 0.404. The van der Waals surface area contributed by atoms with Crippen molar-refractivity contribution in [1.82, 2.24) is 9.97 Å². The number of nitrogen functional groups attached to an aromatic ring is 1. The molecule has 1 fully saturated rings. The molecule has 1 saturated heterocycles. The van der Waals surface area contributed by atoms with E-state index in [4.69, 9.17) is 10.5 Å². The van der Waals surface area contributed by atoms with E-state index in [1.54, 1.807) is 12.4 Å². The monoisotopic (exact) mass is 280 g/mol. The van der Waals surface area contributed by atoms with E-state index in [1.807, 2.05) is 24.3 Å². The second kappa shape index (κ2) is 5.51. The van der Waals surface area contributed by atoms with Crippen LogP contribution in [0.1, 0.15) is 18.4 Å². The molecule has 1 aromatic carbocycles. The third kappa shape index (κ3) is 2.58. The zero-order valence-corrected chi connectivity index (χ0v) is 11.6. The van der Waals surface area contributed by atoms with Gasteiger partial charge in [-0.3, -0.25) is 4.98 Å². The summed E-state index contributed by atoms with van der Waals surface area (Å²) in [5.41, 5.74) is 7.89. The van der Waals surface area contributed by atoms with E-state index in [9.17, 15) is 5.26 Å². The zero-order valence-electron chi connectivity index (χ0n) is 11.6. The van der Waals surface area contributed by atoms with Gasteiger partial charge in [-0.25, -0.2) is 4.98 Å². The smallest absolute Gasteiger partial charge is 0.141 e. The first kappa shape index (κ1) is 13.5. The lowest BCUT2D eigenvalue weighted by Gasteiger charge is -2.31. The number of nitrogens with two attached hydrogens (primary N) is 1. The molecular formula is C16H16N4O. The molecule has 0 amide bonds. The van der Waals surface area contributed by atoms with Crippen LogP contribution in [0.15, 0.2) is 36.7 Å². The van der Waals surface area contributed by atoms with E-state index in [-0.39, 0.29) is 0 Å². The van der Waals surface area contributed by atoms with Gasteiger partial charge in [0.2, 0.25) is 0 Å². The maximum Gasteiger partial charge on any atom is 0.141 e. The molecule has 0 spiro atoms.